The van der Waals surface area contributed by atoms with Crippen molar-refractivity contribution in [1.82, 2.24) is 5.32 Å². The highest BCUT2D eigenvalue weighted by molar-refractivity contribution is 6.20. The maximum Gasteiger partial charge on any atom is 0.341 e. The molecular weight excluding hydrogens is 216 g/mol. The third-order valence-electron chi connectivity index (χ3n) is 2.77. The summed E-state index contributed by atoms with van der Waals surface area (Å²) in [5.41, 5.74) is 2.41. The number of aliphatic imine (C=N–C) groups is 1. The van der Waals surface area contributed by atoms with E-state index in [9.17, 15) is 4.79 Å². The lowest BCUT2D eigenvalue weighted by Crippen LogP contribution is -2.28. The Kier molecular flexibility index (Phi) is 5.73. The third-order valence-corrected chi connectivity index (χ3v) is 2.77. The first kappa shape index (κ1) is 13.7. The molecule has 4 heteroatoms. The lowest BCUT2D eigenvalue weighted by atomic mass is 10.0. The Morgan fingerprint density at radius 2 is 2.18 bits per heavy atom. The Balaban J connectivity index is 2.72. The van der Waals surface area contributed by atoms with E-state index in [1.807, 2.05) is 13.8 Å². The smallest absolute Gasteiger partial charge is 0.341 e. The topological polar surface area (TPSA) is 50.7 Å². The summed E-state index contributed by atoms with van der Waals surface area (Å²) in [5.74, 6) is -0.257. The molecule has 0 atom stereocenters. The Morgan fingerprint density at radius 3 is 2.82 bits per heavy atom. The second-order valence-corrected chi connectivity index (χ2v) is 4.12. The van der Waals surface area contributed by atoms with Gasteiger partial charge in [0.25, 0.3) is 0 Å². The van der Waals surface area contributed by atoms with Gasteiger partial charge in [0.1, 0.15) is 6.67 Å². The van der Waals surface area contributed by atoms with Crippen LogP contribution < -0.4 is 5.32 Å². The van der Waals surface area contributed by atoms with Crippen LogP contribution in [0.4, 0.5) is 0 Å². The predicted molar refractivity (Wildman–Crippen MR) is 68.9 cm³/mol. The fourth-order valence-electron chi connectivity index (χ4n) is 1.86. The molecule has 0 aromatic heterocycles. The molecule has 0 saturated heterocycles. The van der Waals surface area contributed by atoms with E-state index in [-0.39, 0.29) is 5.97 Å². The number of nitrogens with zero attached hydrogens (tertiary/aromatic N) is 1. The molecule has 0 saturated carbocycles. The molecule has 0 bridgehead atoms. The molecule has 1 heterocycles. The van der Waals surface area contributed by atoms with Crippen LogP contribution in [0.25, 0.3) is 0 Å². The molecule has 1 aliphatic rings. The van der Waals surface area contributed by atoms with Gasteiger partial charge in [-0.15, -0.1) is 0 Å². The number of hydrogen-bond donors (Lipinski definition) is 1. The first-order chi connectivity index (χ1) is 8.20. The molecule has 0 unspecified atom stereocenters. The molecule has 17 heavy (non-hydrogen) atoms. The highest BCUT2D eigenvalue weighted by Crippen LogP contribution is 2.16. The summed E-state index contributed by atoms with van der Waals surface area (Å²) in [5, 5.41) is 3.08. The van der Waals surface area contributed by atoms with Gasteiger partial charge in [-0.05, 0) is 26.7 Å². The van der Waals surface area contributed by atoms with Crippen LogP contribution in [0.15, 0.2) is 16.3 Å². The van der Waals surface area contributed by atoms with Gasteiger partial charge >= 0.3 is 5.97 Å². The normalized spacial score (nSPS) is 15.4. The maximum absolute atomic E-state index is 11.9. The molecule has 0 spiro atoms. The number of nitrogens with one attached hydrogen (secondary N) is 1. The van der Waals surface area contributed by atoms with E-state index in [1.165, 1.54) is 12.8 Å². The van der Waals surface area contributed by atoms with Crippen molar-refractivity contribution in [2.45, 2.75) is 46.5 Å². The fraction of sp³-hybridized carbons (Fsp3) is 0.692. The maximum atomic E-state index is 11.9. The van der Waals surface area contributed by atoms with Crippen LogP contribution in [0.2, 0.25) is 0 Å². The summed E-state index contributed by atoms with van der Waals surface area (Å²) in [6.45, 7) is 6.85. The van der Waals surface area contributed by atoms with Crippen molar-refractivity contribution in [2.24, 2.45) is 4.99 Å². The van der Waals surface area contributed by atoms with Gasteiger partial charge in [-0.3, -0.25) is 4.99 Å². The minimum Gasteiger partial charge on any atom is -0.462 e. The van der Waals surface area contributed by atoms with Crippen molar-refractivity contribution < 1.29 is 9.53 Å². The van der Waals surface area contributed by atoms with Crippen molar-refractivity contribution in [2.75, 3.05) is 13.3 Å². The molecule has 1 aliphatic heterocycles. The van der Waals surface area contributed by atoms with Crippen LogP contribution in [0.5, 0.6) is 0 Å². The zero-order valence-corrected chi connectivity index (χ0v) is 11.0. The molecule has 0 aromatic carbocycles. The van der Waals surface area contributed by atoms with E-state index in [2.05, 4.69) is 17.2 Å². The van der Waals surface area contributed by atoms with Gasteiger partial charge < -0.3 is 10.1 Å². The molecule has 4 nitrogen and oxygen atoms in total. The number of rotatable bonds is 6. The fourth-order valence-corrected chi connectivity index (χ4v) is 1.86. The predicted octanol–water partition coefficient (Wildman–Crippen LogP) is 2.41. The third kappa shape index (κ3) is 3.88. The zero-order valence-electron chi connectivity index (χ0n) is 11.0. The molecule has 0 aromatic rings. The molecule has 0 amide bonds. The summed E-state index contributed by atoms with van der Waals surface area (Å²) in [6, 6.07) is 0. The molecule has 0 fully saturated rings. The lowest BCUT2D eigenvalue weighted by Gasteiger charge is -2.19. The number of carbonyl (C=O) groups excluding carboxylic acids is 1. The standard InChI is InChI=1S/C13H22N2O2/c1-4-6-7-8-11-12(13(16)17-5-2)10(3)14-9-15-11/h14H,4-9H2,1-3H3. The van der Waals surface area contributed by atoms with Crippen LogP contribution >= 0.6 is 0 Å². The summed E-state index contributed by atoms with van der Waals surface area (Å²) in [7, 11) is 0. The second kappa shape index (κ2) is 7.09. The molecule has 0 radical (unpaired) electrons. The summed E-state index contributed by atoms with van der Waals surface area (Å²) in [4.78, 5) is 16.2. The van der Waals surface area contributed by atoms with Crippen LogP contribution in [0.3, 0.4) is 0 Å². The number of hydrogen-bond acceptors (Lipinski definition) is 4. The van der Waals surface area contributed by atoms with E-state index in [0.717, 1.165) is 24.3 Å². The number of carbonyl (C=O) groups is 1. The molecule has 1 rings (SSSR count). The lowest BCUT2D eigenvalue weighted by molar-refractivity contribution is -0.138. The van der Waals surface area contributed by atoms with Crippen molar-refractivity contribution in [1.29, 1.82) is 0 Å². The van der Waals surface area contributed by atoms with E-state index in [1.54, 1.807) is 0 Å². The van der Waals surface area contributed by atoms with Crippen LogP contribution in [-0.2, 0) is 9.53 Å². The second-order valence-electron chi connectivity index (χ2n) is 4.12. The van der Waals surface area contributed by atoms with Crippen molar-refractivity contribution >= 4 is 11.7 Å². The highest BCUT2D eigenvalue weighted by atomic mass is 16.5. The van der Waals surface area contributed by atoms with Gasteiger partial charge in [0.15, 0.2) is 0 Å². The largest absolute Gasteiger partial charge is 0.462 e. The van der Waals surface area contributed by atoms with Gasteiger partial charge in [0, 0.05) is 5.70 Å². The Labute approximate surface area is 103 Å². The average Bonchev–Trinajstić information content (AvgIpc) is 2.29. The minimum absolute atomic E-state index is 0.257. The quantitative estimate of drug-likeness (QED) is 0.571. The van der Waals surface area contributed by atoms with E-state index < -0.39 is 0 Å². The van der Waals surface area contributed by atoms with Crippen LogP contribution in [-0.4, -0.2) is 25.0 Å². The van der Waals surface area contributed by atoms with Crippen molar-refractivity contribution in [3.63, 3.8) is 0 Å². The SMILES string of the molecule is CCCCCC1=NCNC(C)=C1C(=O)OCC. The number of unbranched alkanes of at least 4 members (excludes halogenated alkanes) is 2. The Hall–Kier alpha value is -1.32. The van der Waals surface area contributed by atoms with Crippen LogP contribution in [0, 0.1) is 0 Å². The van der Waals surface area contributed by atoms with Gasteiger partial charge in [0.2, 0.25) is 0 Å². The molecule has 96 valence electrons. The van der Waals surface area contributed by atoms with Crippen molar-refractivity contribution in [3.8, 4) is 0 Å². The zero-order chi connectivity index (χ0) is 12.7. The van der Waals surface area contributed by atoms with Gasteiger partial charge in [-0.2, -0.15) is 0 Å². The van der Waals surface area contributed by atoms with Gasteiger partial charge in [-0.25, -0.2) is 4.79 Å². The average molecular weight is 238 g/mol. The Bertz CT molecular complexity index is 332. The van der Waals surface area contributed by atoms with E-state index >= 15 is 0 Å². The van der Waals surface area contributed by atoms with E-state index in [4.69, 9.17) is 4.74 Å². The number of allylic oxidation sites excluding steroid dienone is 1. The van der Waals surface area contributed by atoms with E-state index in [0.29, 0.717) is 18.8 Å². The van der Waals surface area contributed by atoms with Crippen molar-refractivity contribution in [3.05, 3.63) is 11.3 Å². The summed E-state index contributed by atoms with van der Waals surface area (Å²) >= 11 is 0. The summed E-state index contributed by atoms with van der Waals surface area (Å²) in [6.07, 6.45) is 4.27. The first-order valence-corrected chi connectivity index (χ1v) is 6.36. The minimum atomic E-state index is -0.257. The Morgan fingerprint density at radius 1 is 1.41 bits per heavy atom. The molecule has 0 aliphatic carbocycles. The van der Waals surface area contributed by atoms with Gasteiger partial charge in [-0.1, -0.05) is 19.8 Å². The number of ether oxygens (including phenoxy) is 1. The molecular formula is C13H22N2O2. The highest BCUT2D eigenvalue weighted by Gasteiger charge is 2.22. The van der Waals surface area contributed by atoms with Crippen LogP contribution in [0.1, 0.15) is 46.5 Å². The monoisotopic (exact) mass is 238 g/mol. The summed E-state index contributed by atoms with van der Waals surface area (Å²) < 4.78 is 5.07. The first-order valence-electron chi connectivity index (χ1n) is 6.36. The number of esters is 1. The molecule has 1 N–H and O–H groups in total. The van der Waals surface area contributed by atoms with Gasteiger partial charge in [0.05, 0.1) is 17.9 Å².